The molecule has 2 aliphatic rings. The molecule has 1 heterocycles. The van der Waals surface area contributed by atoms with Gasteiger partial charge in [-0.05, 0) is 103 Å². The highest BCUT2D eigenvalue weighted by molar-refractivity contribution is 5.96. The number of hydrogen-bond acceptors (Lipinski definition) is 4. The lowest BCUT2D eigenvalue weighted by Crippen LogP contribution is -2.25. The van der Waals surface area contributed by atoms with Gasteiger partial charge >= 0.3 is 0 Å². The van der Waals surface area contributed by atoms with Gasteiger partial charge in [0.1, 0.15) is 0 Å². The molecule has 0 radical (unpaired) electrons. The number of nitriles is 1. The van der Waals surface area contributed by atoms with Crippen molar-refractivity contribution >= 4 is 0 Å². The molecule has 57 heavy (non-hydrogen) atoms. The van der Waals surface area contributed by atoms with E-state index < -0.39 is 5.41 Å². The van der Waals surface area contributed by atoms with Gasteiger partial charge < -0.3 is 0 Å². The van der Waals surface area contributed by atoms with E-state index in [1.807, 2.05) is 78.9 Å². The molecular weight excluding hydrogens is 693 g/mol. The first-order chi connectivity index (χ1) is 28.2. The van der Waals surface area contributed by atoms with Crippen LogP contribution in [0.2, 0.25) is 0 Å². The van der Waals surface area contributed by atoms with E-state index in [9.17, 15) is 5.26 Å². The second-order valence-corrected chi connectivity index (χ2v) is 14.7. The highest BCUT2D eigenvalue weighted by Gasteiger charge is 2.51. The number of aromatic nitrogens is 3. The zero-order valence-electron chi connectivity index (χ0n) is 30.8. The van der Waals surface area contributed by atoms with E-state index in [4.69, 9.17) is 15.0 Å². The van der Waals surface area contributed by atoms with Crippen molar-refractivity contribution in [1.29, 1.82) is 5.26 Å². The van der Waals surface area contributed by atoms with Crippen LogP contribution in [0.15, 0.2) is 194 Å². The number of rotatable bonds is 5. The summed E-state index contributed by atoms with van der Waals surface area (Å²) < 4.78 is 0. The maximum Gasteiger partial charge on any atom is 0.164 e. The molecule has 0 bridgehead atoms. The number of nitrogens with zero attached hydrogens (tertiary/aromatic N) is 4. The van der Waals surface area contributed by atoms with Crippen molar-refractivity contribution in [2.45, 2.75) is 5.41 Å². The largest absolute Gasteiger partial charge is 0.208 e. The van der Waals surface area contributed by atoms with Crippen LogP contribution in [0, 0.1) is 11.3 Å². The lowest BCUT2D eigenvalue weighted by atomic mass is 9.70. The summed E-state index contributed by atoms with van der Waals surface area (Å²) >= 11 is 0. The molecule has 4 heteroatoms. The lowest BCUT2D eigenvalue weighted by molar-refractivity contribution is 0.794. The Morgan fingerprint density at radius 1 is 0.316 bits per heavy atom. The Labute approximate surface area is 331 Å². The Kier molecular flexibility index (Phi) is 7.42. The first-order valence-electron chi connectivity index (χ1n) is 19.2. The van der Waals surface area contributed by atoms with Crippen LogP contribution < -0.4 is 0 Å². The smallest absolute Gasteiger partial charge is 0.164 e. The Balaban J connectivity index is 1.16. The molecule has 11 rings (SSSR count). The van der Waals surface area contributed by atoms with Crippen molar-refractivity contribution in [1.82, 2.24) is 15.0 Å². The zero-order valence-corrected chi connectivity index (χ0v) is 30.8. The predicted octanol–water partition coefficient (Wildman–Crippen LogP) is 12.4. The van der Waals surface area contributed by atoms with Gasteiger partial charge in [0.25, 0.3) is 0 Å². The monoisotopic (exact) mass is 724 g/mol. The van der Waals surface area contributed by atoms with Gasteiger partial charge in [-0.3, -0.25) is 0 Å². The van der Waals surface area contributed by atoms with E-state index in [1.54, 1.807) is 0 Å². The summed E-state index contributed by atoms with van der Waals surface area (Å²) in [5.74, 6) is 1.79. The van der Waals surface area contributed by atoms with E-state index in [0.29, 0.717) is 23.0 Å². The average Bonchev–Trinajstić information content (AvgIpc) is 3.76. The topological polar surface area (TPSA) is 62.5 Å². The molecule has 0 saturated heterocycles. The van der Waals surface area contributed by atoms with Crippen LogP contribution in [0.4, 0.5) is 0 Å². The quantitative estimate of drug-likeness (QED) is 0.177. The summed E-state index contributed by atoms with van der Waals surface area (Å²) in [6.07, 6.45) is 0. The third-order valence-corrected chi connectivity index (χ3v) is 11.5. The highest BCUT2D eigenvalue weighted by Crippen LogP contribution is 2.63. The molecule has 0 aliphatic heterocycles. The molecule has 1 spiro atoms. The van der Waals surface area contributed by atoms with E-state index in [2.05, 4.69) is 121 Å². The first kappa shape index (κ1) is 32.7. The summed E-state index contributed by atoms with van der Waals surface area (Å²) in [6, 6.07) is 70.4. The summed E-state index contributed by atoms with van der Waals surface area (Å²) in [7, 11) is 0. The summed E-state index contributed by atoms with van der Waals surface area (Å²) in [6.45, 7) is 0. The molecule has 1 aromatic heterocycles. The van der Waals surface area contributed by atoms with Crippen molar-refractivity contribution in [2.24, 2.45) is 0 Å². The van der Waals surface area contributed by atoms with Gasteiger partial charge in [-0.15, -0.1) is 0 Å². The number of benzene rings is 8. The minimum absolute atomic E-state index is 0.458. The van der Waals surface area contributed by atoms with E-state index in [1.165, 1.54) is 44.5 Å². The molecule has 0 amide bonds. The van der Waals surface area contributed by atoms with Crippen LogP contribution in [0.1, 0.15) is 27.8 Å². The zero-order chi connectivity index (χ0) is 37.9. The van der Waals surface area contributed by atoms with Gasteiger partial charge in [0.15, 0.2) is 17.5 Å². The van der Waals surface area contributed by atoms with Crippen LogP contribution in [-0.4, -0.2) is 15.0 Å². The molecule has 9 aromatic rings. The molecule has 264 valence electrons. The molecule has 0 fully saturated rings. The van der Waals surface area contributed by atoms with Gasteiger partial charge in [-0.25, -0.2) is 15.0 Å². The maximum atomic E-state index is 9.88. The van der Waals surface area contributed by atoms with E-state index >= 15 is 0 Å². The molecule has 0 saturated carbocycles. The van der Waals surface area contributed by atoms with E-state index in [0.717, 1.165) is 38.9 Å². The molecule has 0 atom stereocenters. The van der Waals surface area contributed by atoms with Crippen LogP contribution in [0.3, 0.4) is 0 Å². The molecule has 0 N–H and O–H groups in total. The van der Waals surface area contributed by atoms with Crippen LogP contribution >= 0.6 is 0 Å². The average molecular weight is 725 g/mol. The Morgan fingerprint density at radius 2 is 0.737 bits per heavy atom. The normalized spacial score (nSPS) is 12.7. The van der Waals surface area contributed by atoms with Gasteiger partial charge in [0, 0.05) is 16.7 Å². The lowest BCUT2D eigenvalue weighted by Gasteiger charge is -2.30. The summed E-state index contributed by atoms with van der Waals surface area (Å²) in [5.41, 5.74) is 17.1. The molecule has 8 aromatic carbocycles. The summed E-state index contributed by atoms with van der Waals surface area (Å²) in [5, 5.41) is 9.88. The number of fused-ring (bicyclic) bond motifs is 10. The van der Waals surface area contributed by atoms with Crippen LogP contribution in [-0.2, 0) is 5.41 Å². The standard InChI is InChI=1S/C53H32N4/c54-33-34-14-13-19-37(28-34)39-29-40(31-41(30-39)52-56-50(35-15-3-1-4-16-35)55-51(57-52)36-17-5-2-6-18-36)38-26-27-45-44-22-9-12-25-48(44)53(49(45)32-38)46-23-10-7-20-42(46)43-21-8-11-24-47(43)53/h1-32H. The third-order valence-electron chi connectivity index (χ3n) is 11.5. The van der Waals surface area contributed by atoms with E-state index in [-0.39, 0.29) is 0 Å². The molecular formula is C53H32N4. The van der Waals surface area contributed by atoms with Crippen molar-refractivity contribution in [3.8, 4) is 84.7 Å². The predicted molar refractivity (Wildman–Crippen MR) is 228 cm³/mol. The fourth-order valence-corrected chi connectivity index (χ4v) is 9.07. The fraction of sp³-hybridized carbons (Fsp3) is 0.0189. The van der Waals surface area contributed by atoms with Crippen molar-refractivity contribution < 1.29 is 0 Å². The minimum atomic E-state index is -0.458. The van der Waals surface area contributed by atoms with Gasteiger partial charge in [0.05, 0.1) is 17.0 Å². The molecule has 4 nitrogen and oxygen atoms in total. The Bertz CT molecular complexity index is 2970. The van der Waals surface area contributed by atoms with Crippen LogP contribution in [0.25, 0.3) is 78.7 Å². The maximum absolute atomic E-state index is 9.88. The van der Waals surface area contributed by atoms with Gasteiger partial charge in [-0.2, -0.15) is 5.26 Å². The summed E-state index contributed by atoms with van der Waals surface area (Å²) in [4.78, 5) is 15.2. The first-order valence-corrected chi connectivity index (χ1v) is 19.2. The van der Waals surface area contributed by atoms with Crippen LogP contribution in [0.5, 0.6) is 0 Å². The minimum Gasteiger partial charge on any atom is -0.208 e. The number of hydrogen-bond donors (Lipinski definition) is 0. The van der Waals surface area contributed by atoms with Gasteiger partial charge in [0.2, 0.25) is 0 Å². The highest BCUT2D eigenvalue weighted by atomic mass is 15.0. The molecule has 0 unspecified atom stereocenters. The second-order valence-electron chi connectivity index (χ2n) is 14.7. The second kappa shape index (κ2) is 12.9. The fourth-order valence-electron chi connectivity index (χ4n) is 9.07. The van der Waals surface area contributed by atoms with Crippen molar-refractivity contribution in [3.63, 3.8) is 0 Å². The SMILES string of the molecule is N#Cc1cccc(-c2cc(-c3ccc4c(c3)C3(c5ccccc5-c5ccccc53)c3ccccc3-4)cc(-c3nc(-c4ccccc4)nc(-c4ccccc4)n3)c2)c1. The third kappa shape index (κ3) is 5.10. The van der Waals surface area contributed by atoms with Crippen molar-refractivity contribution in [3.05, 3.63) is 222 Å². The molecule has 2 aliphatic carbocycles. The van der Waals surface area contributed by atoms with Gasteiger partial charge in [-0.1, -0.05) is 158 Å². The van der Waals surface area contributed by atoms with Crippen molar-refractivity contribution in [2.75, 3.05) is 0 Å². The Morgan fingerprint density at radius 3 is 1.26 bits per heavy atom. The Hall–Kier alpha value is -7.74.